The van der Waals surface area contributed by atoms with Gasteiger partial charge in [0.15, 0.2) is 5.78 Å². The SMILES string of the molecule is CCC(C)CCC(=O)Oc1ccc(C(=O)Cc2ccc3ccc(OC(=O)c4ccc(OC(=O)CCC(C)CC)cc4)cc3c2)cc1. The summed E-state index contributed by atoms with van der Waals surface area (Å²) in [5, 5.41) is 1.77. The van der Waals surface area contributed by atoms with E-state index in [1.54, 1.807) is 60.7 Å². The average molecular weight is 623 g/mol. The molecular formula is C39H42O7. The fraction of sp³-hybridized carbons (Fsp3) is 0.333. The van der Waals surface area contributed by atoms with E-state index in [4.69, 9.17) is 14.2 Å². The monoisotopic (exact) mass is 622 g/mol. The maximum Gasteiger partial charge on any atom is 0.343 e. The van der Waals surface area contributed by atoms with E-state index in [2.05, 4.69) is 27.7 Å². The zero-order valence-electron chi connectivity index (χ0n) is 27.0. The molecule has 0 radical (unpaired) electrons. The van der Waals surface area contributed by atoms with Gasteiger partial charge in [-0.2, -0.15) is 0 Å². The first kappa shape index (κ1) is 34.1. The van der Waals surface area contributed by atoms with Crippen LogP contribution in [0.3, 0.4) is 0 Å². The Bertz CT molecular complexity index is 1530. The van der Waals surface area contributed by atoms with Crippen molar-refractivity contribution in [2.45, 2.75) is 72.6 Å². The summed E-state index contributed by atoms with van der Waals surface area (Å²) in [6, 6.07) is 24.0. The maximum absolute atomic E-state index is 13.0. The summed E-state index contributed by atoms with van der Waals surface area (Å²) >= 11 is 0. The van der Waals surface area contributed by atoms with Gasteiger partial charge in [-0.25, -0.2) is 4.79 Å². The highest BCUT2D eigenvalue weighted by atomic mass is 16.5. The fourth-order valence-corrected chi connectivity index (χ4v) is 4.77. The summed E-state index contributed by atoms with van der Waals surface area (Å²) in [6.45, 7) is 8.39. The number of carbonyl (C=O) groups excluding carboxylic acids is 4. The van der Waals surface area contributed by atoms with E-state index >= 15 is 0 Å². The van der Waals surface area contributed by atoms with Gasteiger partial charge in [0.1, 0.15) is 17.2 Å². The maximum atomic E-state index is 13.0. The molecule has 0 saturated carbocycles. The average Bonchev–Trinajstić information content (AvgIpc) is 3.06. The molecule has 0 aliphatic heterocycles. The molecule has 2 atom stereocenters. The summed E-state index contributed by atoms with van der Waals surface area (Å²) in [4.78, 5) is 50.0. The third-order valence-electron chi connectivity index (χ3n) is 8.26. The van der Waals surface area contributed by atoms with Crippen molar-refractivity contribution in [3.05, 3.63) is 102 Å². The molecule has 46 heavy (non-hydrogen) atoms. The van der Waals surface area contributed by atoms with Gasteiger partial charge in [0.2, 0.25) is 0 Å². The zero-order chi connectivity index (χ0) is 33.1. The molecule has 4 rings (SSSR count). The number of Topliss-reactive ketones (excluding diaryl/α,β-unsaturated/α-hetero) is 1. The fourth-order valence-electron chi connectivity index (χ4n) is 4.77. The van der Waals surface area contributed by atoms with Crippen LogP contribution in [0.2, 0.25) is 0 Å². The van der Waals surface area contributed by atoms with Crippen LogP contribution in [0, 0.1) is 11.8 Å². The number of hydrogen-bond acceptors (Lipinski definition) is 7. The van der Waals surface area contributed by atoms with E-state index in [9.17, 15) is 19.2 Å². The minimum Gasteiger partial charge on any atom is -0.427 e. The van der Waals surface area contributed by atoms with Crippen LogP contribution >= 0.6 is 0 Å². The predicted octanol–water partition coefficient (Wildman–Crippen LogP) is 8.95. The highest BCUT2D eigenvalue weighted by Crippen LogP contribution is 2.25. The van der Waals surface area contributed by atoms with E-state index in [-0.39, 0.29) is 24.1 Å². The van der Waals surface area contributed by atoms with Crippen LogP contribution in [0.5, 0.6) is 17.2 Å². The van der Waals surface area contributed by atoms with Crippen LogP contribution in [0.4, 0.5) is 0 Å². The molecule has 7 heteroatoms. The molecule has 2 unspecified atom stereocenters. The number of hydrogen-bond donors (Lipinski definition) is 0. The molecule has 0 aliphatic rings. The molecule has 0 heterocycles. The van der Waals surface area contributed by atoms with Gasteiger partial charge >= 0.3 is 17.9 Å². The van der Waals surface area contributed by atoms with Crippen LogP contribution in [0.15, 0.2) is 84.9 Å². The van der Waals surface area contributed by atoms with Crippen LogP contribution < -0.4 is 14.2 Å². The molecule has 0 aromatic heterocycles. The van der Waals surface area contributed by atoms with E-state index < -0.39 is 5.97 Å². The summed E-state index contributed by atoms with van der Waals surface area (Å²) in [7, 11) is 0. The molecule has 240 valence electrons. The smallest absolute Gasteiger partial charge is 0.343 e. The van der Waals surface area contributed by atoms with Crippen molar-refractivity contribution in [2.24, 2.45) is 11.8 Å². The summed E-state index contributed by atoms with van der Waals surface area (Å²) in [5.74, 6) is 0.927. The Morgan fingerprint density at radius 3 is 1.61 bits per heavy atom. The molecule has 0 spiro atoms. The Hall–Kier alpha value is -4.78. The Labute approximate surface area is 270 Å². The van der Waals surface area contributed by atoms with Gasteiger partial charge in [-0.3, -0.25) is 14.4 Å². The number of ether oxygens (including phenoxy) is 3. The van der Waals surface area contributed by atoms with E-state index in [1.807, 2.05) is 24.3 Å². The van der Waals surface area contributed by atoms with Crippen LogP contribution in [-0.4, -0.2) is 23.7 Å². The van der Waals surface area contributed by atoms with Gasteiger partial charge < -0.3 is 14.2 Å². The number of rotatable bonds is 15. The first-order valence-electron chi connectivity index (χ1n) is 16.0. The predicted molar refractivity (Wildman–Crippen MR) is 178 cm³/mol. The van der Waals surface area contributed by atoms with Crippen molar-refractivity contribution < 1.29 is 33.4 Å². The lowest BCUT2D eigenvalue weighted by Crippen LogP contribution is -2.11. The molecular weight excluding hydrogens is 580 g/mol. The Morgan fingerprint density at radius 1 is 0.565 bits per heavy atom. The van der Waals surface area contributed by atoms with Gasteiger partial charge in [-0.15, -0.1) is 0 Å². The second-order valence-corrected chi connectivity index (χ2v) is 11.9. The topological polar surface area (TPSA) is 96.0 Å². The van der Waals surface area contributed by atoms with Crippen LogP contribution in [0.1, 0.15) is 92.5 Å². The summed E-state index contributed by atoms with van der Waals surface area (Å²) in [6.07, 6.45) is 4.49. The van der Waals surface area contributed by atoms with E-state index in [0.717, 1.165) is 42.0 Å². The third-order valence-corrected chi connectivity index (χ3v) is 8.26. The summed E-state index contributed by atoms with van der Waals surface area (Å²) < 4.78 is 16.4. The highest BCUT2D eigenvalue weighted by Gasteiger charge is 2.14. The molecule has 4 aromatic carbocycles. The zero-order valence-corrected chi connectivity index (χ0v) is 27.0. The van der Waals surface area contributed by atoms with Gasteiger partial charge in [-0.05, 0) is 102 Å². The summed E-state index contributed by atoms with van der Waals surface area (Å²) in [5.41, 5.74) is 1.66. The molecule has 4 aromatic rings. The van der Waals surface area contributed by atoms with Crippen LogP contribution in [-0.2, 0) is 16.0 Å². The molecule has 0 bridgehead atoms. The van der Waals surface area contributed by atoms with Crippen molar-refractivity contribution >= 4 is 34.5 Å². The third kappa shape index (κ3) is 10.1. The van der Waals surface area contributed by atoms with Gasteiger partial charge in [0, 0.05) is 24.8 Å². The van der Waals surface area contributed by atoms with Crippen molar-refractivity contribution in [1.82, 2.24) is 0 Å². The van der Waals surface area contributed by atoms with Crippen molar-refractivity contribution in [3.8, 4) is 17.2 Å². The quantitative estimate of drug-likeness (QED) is 0.0742. The Balaban J connectivity index is 1.33. The lowest BCUT2D eigenvalue weighted by molar-refractivity contribution is -0.135. The standard InChI is InChI=1S/C39H42O7/c1-5-26(3)7-21-37(41)44-33-16-12-30(13-17-33)36(40)24-28-9-10-29-11-20-35(25-32(29)23-28)46-39(43)31-14-18-34(19-15-31)45-38(42)22-8-27(4)6-2/h9-20,23,25-27H,5-8,21-22,24H2,1-4H3. The second kappa shape index (κ2) is 16.5. The number of benzene rings is 4. The van der Waals surface area contributed by atoms with Crippen molar-refractivity contribution in [3.63, 3.8) is 0 Å². The molecule has 0 aliphatic carbocycles. The van der Waals surface area contributed by atoms with Crippen molar-refractivity contribution in [2.75, 3.05) is 0 Å². The number of ketones is 1. The van der Waals surface area contributed by atoms with E-state index in [0.29, 0.717) is 53.1 Å². The highest BCUT2D eigenvalue weighted by molar-refractivity contribution is 5.98. The Kier molecular flexibility index (Phi) is 12.2. The van der Waals surface area contributed by atoms with Crippen LogP contribution in [0.25, 0.3) is 10.8 Å². The number of esters is 3. The first-order valence-corrected chi connectivity index (χ1v) is 16.0. The van der Waals surface area contributed by atoms with Gasteiger partial charge in [0.05, 0.1) is 5.56 Å². The lowest BCUT2D eigenvalue weighted by atomic mass is 10.00. The first-order chi connectivity index (χ1) is 22.1. The molecule has 7 nitrogen and oxygen atoms in total. The normalized spacial score (nSPS) is 12.3. The van der Waals surface area contributed by atoms with Gasteiger partial charge in [-0.1, -0.05) is 64.8 Å². The van der Waals surface area contributed by atoms with E-state index in [1.165, 1.54) is 0 Å². The molecule has 0 N–H and O–H groups in total. The largest absolute Gasteiger partial charge is 0.427 e. The number of fused-ring (bicyclic) bond motifs is 1. The van der Waals surface area contributed by atoms with Gasteiger partial charge in [0.25, 0.3) is 0 Å². The lowest BCUT2D eigenvalue weighted by Gasteiger charge is -2.09. The van der Waals surface area contributed by atoms with Crippen molar-refractivity contribution in [1.29, 1.82) is 0 Å². The molecule has 0 saturated heterocycles. The molecule has 0 amide bonds. The Morgan fingerprint density at radius 2 is 1.07 bits per heavy atom. The minimum absolute atomic E-state index is 0.0683. The number of carbonyl (C=O) groups is 4. The second-order valence-electron chi connectivity index (χ2n) is 11.9. The minimum atomic E-state index is -0.537. The molecule has 0 fully saturated rings.